The molecule has 0 amide bonds. The third-order valence-corrected chi connectivity index (χ3v) is 2.89. The summed E-state index contributed by atoms with van der Waals surface area (Å²) in [6.07, 6.45) is 0. The molecule has 0 aliphatic heterocycles. The minimum absolute atomic E-state index is 0.381. The highest BCUT2D eigenvalue weighted by Crippen LogP contribution is 2.15. The van der Waals surface area contributed by atoms with Crippen LogP contribution < -0.4 is 5.32 Å². The fourth-order valence-corrected chi connectivity index (χ4v) is 1.95. The SMILES string of the molecule is COC[C@H](C)NCc1ccc2ccccc2c1. The molecule has 0 radical (unpaired) electrons. The van der Waals surface area contributed by atoms with Gasteiger partial charge in [-0.25, -0.2) is 0 Å². The molecule has 1 N–H and O–H groups in total. The zero-order valence-electron chi connectivity index (χ0n) is 10.4. The van der Waals surface area contributed by atoms with Crippen molar-refractivity contribution in [3.05, 3.63) is 48.0 Å². The first-order valence-electron chi connectivity index (χ1n) is 5.99. The lowest BCUT2D eigenvalue weighted by Crippen LogP contribution is -2.29. The van der Waals surface area contributed by atoms with Gasteiger partial charge in [-0.3, -0.25) is 0 Å². The molecule has 1 atom stereocenters. The molecule has 2 heteroatoms. The van der Waals surface area contributed by atoms with Gasteiger partial charge >= 0.3 is 0 Å². The van der Waals surface area contributed by atoms with Crippen LogP contribution in [0.3, 0.4) is 0 Å². The van der Waals surface area contributed by atoms with Gasteiger partial charge in [-0.1, -0.05) is 36.4 Å². The largest absolute Gasteiger partial charge is 0.383 e. The predicted octanol–water partition coefficient (Wildman–Crippen LogP) is 2.96. The van der Waals surface area contributed by atoms with Gasteiger partial charge in [0.1, 0.15) is 0 Å². The van der Waals surface area contributed by atoms with Crippen LogP contribution >= 0.6 is 0 Å². The van der Waals surface area contributed by atoms with Gasteiger partial charge in [-0.15, -0.1) is 0 Å². The molecule has 0 aliphatic carbocycles. The zero-order valence-corrected chi connectivity index (χ0v) is 10.4. The van der Waals surface area contributed by atoms with E-state index in [1.165, 1.54) is 16.3 Å². The molecule has 2 aromatic carbocycles. The number of hydrogen-bond acceptors (Lipinski definition) is 2. The molecule has 0 fully saturated rings. The molecule has 0 bridgehead atoms. The molecule has 2 aromatic rings. The zero-order chi connectivity index (χ0) is 12.1. The van der Waals surface area contributed by atoms with Gasteiger partial charge in [0.2, 0.25) is 0 Å². The number of ether oxygens (including phenoxy) is 1. The van der Waals surface area contributed by atoms with E-state index in [2.05, 4.69) is 54.7 Å². The fourth-order valence-electron chi connectivity index (χ4n) is 1.95. The maximum absolute atomic E-state index is 5.10. The number of benzene rings is 2. The van der Waals surface area contributed by atoms with Crippen molar-refractivity contribution < 1.29 is 4.74 Å². The maximum Gasteiger partial charge on any atom is 0.0613 e. The fraction of sp³-hybridized carbons (Fsp3) is 0.333. The lowest BCUT2D eigenvalue weighted by Gasteiger charge is -2.12. The Labute approximate surface area is 103 Å². The number of hydrogen-bond donors (Lipinski definition) is 1. The average molecular weight is 229 g/mol. The van der Waals surface area contributed by atoms with Crippen LogP contribution in [0.1, 0.15) is 12.5 Å². The first-order chi connectivity index (χ1) is 8.29. The van der Waals surface area contributed by atoms with Crippen LogP contribution in [0, 0.1) is 0 Å². The second-order valence-corrected chi connectivity index (χ2v) is 4.42. The second-order valence-electron chi connectivity index (χ2n) is 4.42. The monoisotopic (exact) mass is 229 g/mol. The standard InChI is InChI=1S/C15H19NO/c1-12(11-17-2)16-10-13-7-8-14-5-3-4-6-15(14)9-13/h3-9,12,16H,10-11H2,1-2H3/t12-/m0/s1. The topological polar surface area (TPSA) is 21.3 Å². The third-order valence-electron chi connectivity index (χ3n) is 2.89. The minimum atomic E-state index is 0.381. The molecule has 0 aromatic heterocycles. The highest BCUT2D eigenvalue weighted by Gasteiger charge is 2.01. The summed E-state index contributed by atoms with van der Waals surface area (Å²) in [5.74, 6) is 0. The summed E-state index contributed by atoms with van der Waals surface area (Å²) in [6.45, 7) is 3.76. The van der Waals surface area contributed by atoms with E-state index in [4.69, 9.17) is 4.74 Å². The number of nitrogens with one attached hydrogen (secondary N) is 1. The molecule has 0 saturated carbocycles. The molecule has 0 unspecified atom stereocenters. The predicted molar refractivity (Wildman–Crippen MR) is 72.1 cm³/mol. The van der Waals surface area contributed by atoms with Crippen LogP contribution in [0.25, 0.3) is 10.8 Å². The van der Waals surface area contributed by atoms with Gasteiger partial charge in [0.05, 0.1) is 6.61 Å². The Morgan fingerprint density at radius 2 is 1.88 bits per heavy atom. The quantitative estimate of drug-likeness (QED) is 0.851. The maximum atomic E-state index is 5.10. The van der Waals surface area contributed by atoms with E-state index in [0.29, 0.717) is 6.04 Å². The molecule has 2 nitrogen and oxygen atoms in total. The van der Waals surface area contributed by atoms with E-state index in [9.17, 15) is 0 Å². The van der Waals surface area contributed by atoms with Crippen molar-refractivity contribution in [3.8, 4) is 0 Å². The van der Waals surface area contributed by atoms with Gasteiger partial charge in [-0.2, -0.15) is 0 Å². The van der Waals surface area contributed by atoms with Crippen molar-refractivity contribution in [1.29, 1.82) is 0 Å². The molecule has 0 heterocycles. The van der Waals surface area contributed by atoms with E-state index >= 15 is 0 Å². The Balaban J connectivity index is 2.04. The molecular weight excluding hydrogens is 210 g/mol. The lowest BCUT2D eigenvalue weighted by molar-refractivity contribution is 0.171. The molecular formula is C15H19NO. The van der Waals surface area contributed by atoms with Gasteiger partial charge in [0.15, 0.2) is 0 Å². The number of methoxy groups -OCH3 is 1. The van der Waals surface area contributed by atoms with Crippen LogP contribution in [0.15, 0.2) is 42.5 Å². The summed E-state index contributed by atoms with van der Waals surface area (Å²) >= 11 is 0. The summed E-state index contributed by atoms with van der Waals surface area (Å²) in [4.78, 5) is 0. The molecule has 17 heavy (non-hydrogen) atoms. The van der Waals surface area contributed by atoms with E-state index in [-0.39, 0.29) is 0 Å². The van der Waals surface area contributed by atoms with Crippen molar-refractivity contribution >= 4 is 10.8 Å². The summed E-state index contributed by atoms with van der Waals surface area (Å²) in [5, 5.41) is 6.03. The summed E-state index contributed by atoms with van der Waals surface area (Å²) in [6, 6.07) is 15.4. The van der Waals surface area contributed by atoms with Crippen molar-refractivity contribution in [2.24, 2.45) is 0 Å². The van der Waals surface area contributed by atoms with Gasteiger partial charge < -0.3 is 10.1 Å². The van der Waals surface area contributed by atoms with E-state index in [0.717, 1.165) is 13.2 Å². The number of fused-ring (bicyclic) bond motifs is 1. The number of rotatable bonds is 5. The summed E-state index contributed by atoms with van der Waals surface area (Å²) in [5.41, 5.74) is 1.31. The summed E-state index contributed by atoms with van der Waals surface area (Å²) in [7, 11) is 1.73. The van der Waals surface area contributed by atoms with Gasteiger partial charge in [0.25, 0.3) is 0 Å². The second kappa shape index (κ2) is 5.80. The normalized spacial score (nSPS) is 12.8. The van der Waals surface area contributed by atoms with Crippen LogP contribution in [-0.2, 0) is 11.3 Å². The first kappa shape index (κ1) is 12.1. The average Bonchev–Trinajstić information content (AvgIpc) is 2.36. The molecule has 0 aliphatic rings. The Hall–Kier alpha value is -1.38. The van der Waals surface area contributed by atoms with Gasteiger partial charge in [-0.05, 0) is 29.3 Å². The Morgan fingerprint density at radius 3 is 2.65 bits per heavy atom. The Morgan fingerprint density at radius 1 is 1.12 bits per heavy atom. The molecule has 2 rings (SSSR count). The Bertz CT molecular complexity index is 481. The van der Waals surface area contributed by atoms with Crippen molar-refractivity contribution in [3.63, 3.8) is 0 Å². The van der Waals surface area contributed by atoms with Crippen LogP contribution in [-0.4, -0.2) is 19.8 Å². The van der Waals surface area contributed by atoms with Crippen LogP contribution in [0.5, 0.6) is 0 Å². The Kier molecular flexibility index (Phi) is 4.13. The van der Waals surface area contributed by atoms with Gasteiger partial charge in [0, 0.05) is 19.7 Å². The minimum Gasteiger partial charge on any atom is -0.383 e. The van der Waals surface area contributed by atoms with Crippen molar-refractivity contribution in [2.45, 2.75) is 19.5 Å². The van der Waals surface area contributed by atoms with E-state index < -0.39 is 0 Å². The van der Waals surface area contributed by atoms with E-state index in [1.807, 2.05) is 0 Å². The molecule has 0 saturated heterocycles. The molecule has 0 spiro atoms. The molecule has 90 valence electrons. The first-order valence-corrected chi connectivity index (χ1v) is 5.99. The lowest BCUT2D eigenvalue weighted by atomic mass is 10.1. The third kappa shape index (κ3) is 3.29. The highest BCUT2D eigenvalue weighted by molar-refractivity contribution is 5.82. The van der Waals surface area contributed by atoms with E-state index in [1.54, 1.807) is 7.11 Å². The van der Waals surface area contributed by atoms with Crippen LogP contribution in [0.4, 0.5) is 0 Å². The summed E-state index contributed by atoms with van der Waals surface area (Å²) < 4.78 is 5.10. The van der Waals surface area contributed by atoms with Crippen LogP contribution in [0.2, 0.25) is 0 Å². The van der Waals surface area contributed by atoms with Crippen molar-refractivity contribution in [1.82, 2.24) is 5.32 Å². The smallest absolute Gasteiger partial charge is 0.0613 e. The highest BCUT2D eigenvalue weighted by atomic mass is 16.5. The van der Waals surface area contributed by atoms with Crippen molar-refractivity contribution in [2.75, 3.05) is 13.7 Å².